The lowest BCUT2D eigenvalue weighted by Gasteiger charge is -2.13. The van der Waals surface area contributed by atoms with Gasteiger partial charge < -0.3 is 10.6 Å². The van der Waals surface area contributed by atoms with Gasteiger partial charge in [-0.2, -0.15) is 0 Å². The largest absolute Gasteiger partial charge is 0.365 e. The normalized spacial score (nSPS) is 18.0. The molecule has 1 aliphatic rings. The van der Waals surface area contributed by atoms with Crippen LogP contribution in [0.5, 0.6) is 0 Å². The number of nitrogens with one attached hydrogen (secondary N) is 2. The molecule has 0 bridgehead atoms. The Morgan fingerprint density at radius 1 is 1.27 bits per heavy atom. The van der Waals surface area contributed by atoms with Crippen LogP contribution < -0.4 is 10.6 Å². The van der Waals surface area contributed by atoms with Crippen LogP contribution in [0.25, 0.3) is 21.6 Å². The Kier molecular flexibility index (Phi) is 3.77. The molecule has 112 valence electrons. The van der Waals surface area contributed by atoms with Gasteiger partial charge in [0.15, 0.2) is 5.82 Å². The van der Waals surface area contributed by atoms with E-state index < -0.39 is 0 Å². The number of hydrogen-bond donors (Lipinski definition) is 2. The quantitative estimate of drug-likeness (QED) is 0.735. The highest BCUT2D eigenvalue weighted by molar-refractivity contribution is 9.10. The van der Waals surface area contributed by atoms with E-state index in [-0.39, 0.29) is 0 Å². The zero-order chi connectivity index (χ0) is 14.9. The Morgan fingerprint density at radius 3 is 2.91 bits per heavy atom. The first kappa shape index (κ1) is 14.0. The first-order valence-corrected chi connectivity index (χ1v) is 8.81. The lowest BCUT2D eigenvalue weighted by atomic mass is 10.2. The van der Waals surface area contributed by atoms with Crippen LogP contribution in [0.3, 0.4) is 0 Å². The van der Waals surface area contributed by atoms with Crippen LogP contribution in [0.2, 0.25) is 0 Å². The van der Waals surface area contributed by atoms with Crippen molar-refractivity contribution in [2.75, 3.05) is 18.4 Å². The van der Waals surface area contributed by atoms with Gasteiger partial charge in [0, 0.05) is 35.9 Å². The van der Waals surface area contributed by atoms with Gasteiger partial charge in [-0.05, 0) is 41.0 Å². The molecular formula is C15H14BrN5S. The molecule has 0 amide bonds. The zero-order valence-corrected chi connectivity index (χ0v) is 14.1. The monoisotopic (exact) mass is 375 g/mol. The van der Waals surface area contributed by atoms with Crippen molar-refractivity contribution in [3.05, 3.63) is 34.4 Å². The minimum atomic E-state index is 0.421. The van der Waals surface area contributed by atoms with Crippen molar-refractivity contribution in [1.82, 2.24) is 20.3 Å². The van der Waals surface area contributed by atoms with Crippen molar-refractivity contribution >= 4 is 43.3 Å². The van der Waals surface area contributed by atoms with E-state index in [0.717, 1.165) is 51.4 Å². The molecule has 0 aromatic carbocycles. The topological polar surface area (TPSA) is 62.7 Å². The number of thiophene rings is 1. The molecule has 0 aliphatic carbocycles. The van der Waals surface area contributed by atoms with E-state index in [1.54, 1.807) is 23.7 Å². The number of aromatic nitrogens is 3. The second kappa shape index (κ2) is 5.91. The fraction of sp³-hybridized carbons (Fsp3) is 0.267. The van der Waals surface area contributed by atoms with Crippen LogP contribution in [0.1, 0.15) is 6.42 Å². The first-order chi connectivity index (χ1) is 10.8. The molecule has 7 heteroatoms. The van der Waals surface area contributed by atoms with Gasteiger partial charge in [0.05, 0.1) is 9.17 Å². The van der Waals surface area contributed by atoms with Gasteiger partial charge in [-0.15, -0.1) is 11.3 Å². The number of rotatable bonds is 3. The van der Waals surface area contributed by atoms with Crippen molar-refractivity contribution in [2.24, 2.45) is 0 Å². The summed E-state index contributed by atoms with van der Waals surface area (Å²) in [7, 11) is 0. The Hall–Kier alpha value is -1.57. The Bertz CT molecular complexity index is 798. The average Bonchev–Trinajstić information content (AvgIpc) is 3.19. The predicted octanol–water partition coefficient (Wildman–Crippen LogP) is 3.29. The summed E-state index contributed by atoms with van der Waals surface area (Å²) in [5.74, 6) is 1.64. The number of hydrogen-bond acceptors (Lipinski definition) is 6. The van der Waals surface area contributed by atoms with Crippen LogP contribution in [0.4, 0.5) is 5.82 Å². The molecule has 0 saturated carbocycles. The highest BCUT2D eigenvalue weighted by Crippen LogP contribution is 2.35. The van der Waals surface area contributed by atoms with E-state index >= 15 is 0 Å². The standard InChI is InChI=1S/C15H14BrN5S/c16-11-8-22-13-12(11)20-14(9-1-4-17-5-2-9)21-15(13)19-10-3-6-18-7-10/h1-2,4-5,8,10,18H,3,6-7H2,(H,19,20,21). The summed E-state index contributed by atoms with van der Waals surface area (Å²) in [5.41, 5.74) is 1.93. The smallest absolute Gasteiger partial charge is 0.162 e. The van der Waals surface area contributed by atoms with Gasteiger partial charge in [-0.3, -0.25) is 4.98 Å². The van der Waals surface area contributed by atoms with E-state index in [1.807, 2.05) is 12.1 Å². The summed E-state index contributed by atoms with van der Waals surface area (Å²) >= 11 is 5.25. The second-order valence-electron chi connectivity index (χ2n) is 5.23. The van der Waals surface area contributed by atoms with Gasteiger partial charge in [-0.25, -0.2) is 9.97 Å². The molecule has 4 heterocycles. The fourth-order valence-electron chi connectivity index (χ4n) is 2.59. The van der Waals surface area contributed by atoms with Gasteiger partial charge in [0.1, 0.15) is 11.3 Å². The number of pyridine rings is 1. The van der Waals surface area contributed by atoms with E-state index in [2.05, 4.69) is 36.9 Å². The maximum atomic E-state index is 4.76. The van der Waals surface area contributed by atoms with E-state index in [4.69, 9.17) is 9.97 Å². The third-order valence-corrected chi connectivity index (χ3v) is 5.60. The van der Waals surface area contributed by atoms with Crippen molar-refractivity contribution in [3.63, 3.8) is 0 Å². The van der Waals surface area contributed by atoms with Gasteiger partial charge in [0.2, 0.25) is 0 Å². The van der Waals surface area contributed by atoms with Crippen LogP contribution >= 0.6 is 27.3 Å². The second-order valence-corrected chi connectivity index (χ2v) is 6.96. The van der Waals surface area contributed by atoms with Crippen LogP contribution in [-0.2, 0) is 0 Å². The minimum absolute atomic E-state index is 0.421. The van der Waals surface area contributed by atoms with Gasteiger partial charge in [-0.1, -0.05) is 0 Å². The SMILES string of the molecule is Brc1csc2c(NC3CCNC3)nc(-c3ccncc3)nc12. The summed E-state index contributed by atoms with van der Waals surface area (Å²) in [4.78, 5) is 13.5. The summed E-state index contributed by atoms with van der Waals surface area (Å²) in [5, 5.41) is 9.00. The van der Waals surface area contributed by atoms with Crippen LogP contribution in [0, 0.1) is 0 Å². The maximum Gasteiger partial charge on any atom is 0.162 e. The third-order valence-electron chi connectivity index (χ3n) is 3.71. The lowest BCUT2D eigenvalue weighted by molar-refractivity contribution is 0.789. The van der Waals surface area contributed by atoms with Crippen molar-refractivity contribution in [1.29, 1.82) is 0 Å². The Morgan fingerprint density at radius 2 is 2.14 bits per heavy atom. The molecule has 1 atom stereocenters. The van der Waals surface area contributed by atoms with E-state index in [1.165, 1.54) is 0 Å². The average molecular weight is 376 g/mol. The van der Waals surface area contributed by atoms with Crippen molar-refractivity contribution in [3.8, 4) is 11.4 Å². The van der Waals surface area contributed by atoms with Crippen molar-refractivity contribution in [2.45, 2.75) is 12.5 Å². The Labute approximate surface area is 140 Å². The summed E-state index contributed by atoms with van der Waals surface area (Å²) in [6, 6.07) is 4.29. The third kappa shape index (κ3) is 2.60. The van der Waals surface area contributed by atoms with Crippen LogP contribution in [0.15, 0.2) is 34.4 Å². The molecular weight excluding hydrogens is 362 g/mol. The molecule has 0 spiro atoms. The molecule has 3 aromatic rings. The molecule has 4 rings (SSSR count). The summed E-state index contributed by atoms with van der Waals surface area (Å²) < 4.78 is 2.11. The molecule has 1 saturated heterocycles. The molecule has 2 N–H and O–H groups in total. The molecule has 3 aromatic heterocycles. The zero-order valence-electron chi connectivity index (χ0n) is 11.7. The molecule has 1 fully saturated rings. The van der Waals surface area contributed by atoms with Crippen molar-refractivity contribution < 1.29 is 0 Å². The summed E-state index contributed by atoms with van der Waals surface area (Å²) in [6.07, 6.45) is 4.64. The minimum Gasteiger partial charge on any atom is -0.365 e. The maximum absolute atomic E-state index is 4.76. The molecule has 5 nitrogen and oxygen atoms in total. The number of fused-ring (bicyclic) bond motifs is 1. The molecule has 1 aliphatic heterocycles. The highest BCUT2D eigenvalue weighted by atomic mass is 79.9. The lowest BCUT2D eigenvalue weighted by Crippen LogP contribution is -2.22. The summed E-state index contributed by atoms with van der Waals surface area (Å²) in [6.45, 7) is 2.03. The fourth-order valence-corrected chi connectivity index (χ4v) is 4.10. The predicted molar refractivity (Wildman–Crippen MR) is 93.2 cm³/mol. The molecule has 22 heavy (non-hydrogen) atoms. The number of anilines is 1. The Balaban J connectivity index is 1.82. The van der Waals surface area contributed by atoms with Gasteiger partial charge in [0.25, 0.3) is 0 Å². The van der Waals surface area contributed by atoms with E-state index in [0.29, 0.717) is 6.04 Å². The number of nitrogens with zero attached hydrogens (tertiary/aromatic N) is 3. The van der Waals surface area contributed by atoms with Gasteiger partial charge >= 0.3 is 0 Å². The first-order valence-electron chi connectivity index (χ1n) is 7.13. The van der Waals surface area contributed by atoms with Crippen LogP contribution in [-0.4, -0.2) is 34.1 Å². The molecule has 1 unspecified atom stereocenters. The van der Waals surface area contributed by atoms with E-state index in [9.17, 15) is 0 Å². The molecule has 0 radical (unpaired) electrons. The highest BCUT2D eigenvalue weighted by Gasteiger charge is 2.19. The number of halogens is 1.